The van der Waals surface area contributed by atoms with E-state index in [-0.39, 0.29) is 6.54 Å². The number of nitrogens with zero attached hydrogens (tertiary/aromatic N) is 1. The average molecular weight is 483 g/mol. The van der Waals surface area contributed by atoms with Crippen LogP contribution in [-0.4, -0.2) is 46.9 Å². The maximum atomic E-state index is 13.6. The summed E-state index contributed by atoms with van der Waals surface area (Å²) in [7, 11) is 0. The molecule has 0 aromatic heterocycles. The summed E-state index contributed by atoms with van der Waals surface area (Å²) in [5.41, 5.74) is 6.60. The summed E-state index contributed by atoms with van der Waals surface area (Å²) in [5, 5.41) is 5.33. The highest BCUT2D eigenvalue weighted by molar-refractivity contribution is 6.00. The zero-order valence-electron chi connectivity index (χ0n) is 20.8. The predicted octanol–water partition coefficient (Wildman–Crippen LogP) is 3.29. The van der Waals surface area contributed by atoms with E-state index in [1.165, 1.54) is 4.90 Å². The lowest BCUT2D eigenvalue weighted by atomic mass is 10.0. The molecule has 0 heterocycles. The Kier molecular flexibility index (Phi) is 9.39. The number of nitrogens with one attached hydrogen (secondary N) is 2. The van der Waals surface area contributed by atoms with Crippen molar-refractivity contribution in [2.24, 2.45) is 5.73 Å². The number of carbonyl (C=O) groups excluding carboxylic acids is 4. The third-order valence-electron chi connectivity index (χ3n) is 5.10. The summed E-state index contributed by atoms with van der Waals surface area (Å²) in [6, 6.07) is 13.8. The van der Waals surface area contributed by atoms with Crippen LogP contribution in [-0.2, 0) is 19.1 Å². The Hall–Kier alpha value is -3.88. The van der Waals surface area contributed by atoms with Gasteiger partial charge in [-0.25, -0.2) is 4.79 Å². The molecule has 4 amide bonds. The number of amides is 4. The van der Waals surface area contributed by atoms with E-state index in [9.17, 15) is 19.2 Å². The number of likely N-dealkylation sites (N-methyl/N-ethyl adjacent to an activating group) is 1. The zero-order valence-corrected chi connectivity index (χ0v) is 20.8. The number of carbonyl (C=O) groups is 4. The molecule has 9 heteroatoms. The quantitative estimate of drug-likeness (QED) is 0.505. The molecule has 0 bridgehead atoms. The molecule has 4 N–H and O–H groups in total. The number of aryl methyl sites for hydroxylation is 1. The van der Waals surface area contributed by atoms with Crippen LogP contribution in [0.1, 0.15) is 51.3 Å². The minimum Gasteiger partial charge on any atom is -0.444 e. The van der Waals surface area contributed by atoms with Crippen molar-refractivity contribution in [1.82, 2.24) is 10.2 Å². The van der Waals surface area contributed by atoms with Crippen LogP contribution in [0.15, 0.2) is 54.6 Å². The van der Waals surface area contributed by atoms with E-state index in [1.807, 2.05) is 19.1 Å². The van der Waals surface area contributed by atoms with Crippen LogP contribution in [0.5, 0.6) is 0 Å². The van der Waals surface area contributed by atoms with Crippen molar-refractivity contribution in [2.45, 2.75) is 58.7 Å². The molecule has 188 valence electrons. The molecule has 0 spiro atoms. The molecule has 35 heavy (non-hydrogen) atoms. The van der Waals surface area contributed by atoms with Gasteiger partial charge in [0.25, 0.3) is 5.91 Å². The zero-order chi connectivity index (χ0) is 26.2. The molecule has 0 fully saturated rings. The molecule has 2 aromatic rings. The van der Waals surface area contributed by atoms with E-state index in [0.29, 0.717) is 11.3 Å². The van der Waals surface area contributed by atoms with E-state index in [2.05, 4.69) is 10.6 Å². The molecular weight excluding hydrogens is 448 g/mol. The molecule has 2 rings (SSSR count). The van der Waals surface area contributed by atoms with Crippen molar-refractivity contribution in [3.05, 3.63) is 65.7 Å². The highest BCUT2D eigenvalue weighted by atomic mass is 16.6. The Labute approximate surface area is 206 Å². The van der Waals surface area contributed by atoms with Gasteiger partial charge in [-0.1, -0.05) is 48.5 Å². The van der Waals surface area contributed by atoms with Crippen LogP contribution in [0.3, 0.4) is 0 Å². The monoisotopic (exact) mass is 482 g/mol. The number of hydrogen-bond acceptors (Lipinski definition) is 5. The standard InChI is InChI=1S/C26H34N4O5/c1-6-30(24(33)20(16-21(27)31)29-25(34)35-26(3,4)5)22(18-13-8-7-9-14-18)23(32)28-19-15-11-10-12-17(19)2/h7-15,20,22H,6,16H2,1-5H3,(H2,27,31)(H,28,32)(H,29,34). The average Bonchev–Trinajstić information content (AvgIpc) is 2.77. The van der Waals surface area contributed by atoms with Gasteiger partial charge in [0.2, 0.25) is 11.8 Å². The van der Waals surface area contributed by atoms with Crippen molar-refractivity contribution in [2.75, 3.05) is 11.9 Å². The number of ether oxygens (including phenoxy) is 1. The molecule has 2 atom stereocenters. The first kappa shape index (κ1) is 27.4. The fourth-order valence-electron chi connectivity index (χ4n) is 3.54. The molecule has 0 aliphatic carbocycles. The molecular formula is C26H34N4O5. The van der Waals surface area contributed by atoms with Gasteiger partial charge in [0.05, 0.1) is 6.42 Å². The first-order valence-electron chi connectivity index (χ1n) is 11.4. The molecule has 2 aromatic carbocycles. The second kappa shape index (κ2) is 12.0. The van der Waals surface area contributed by atoms with E-state index in [0.717, 1.165) is 5.56 Å². The molecule has 0 aliphatic heterocycles. The van der Waals surface area contributed by atoms with E-state index in [1.54, 1.807) is 70.2 Å². The number of anilines is 1. The summed E-state index contributed by atoms with van der Waals surface area (Å²) in [6.45, 7) is 8.74. The van der Waals surface area contributed by atoms with Crippen molar-refractivity contribution < 1.29 is 23.9 Å². The largest absolute Gasteiger partial charge is 0.444 e. The number of nitrogens with two attached hydrogens (primary N) is 1. The first-order chi connectivity index (χ1) is 16.4. The highest BCUT2D eigenvalue weighted by Crippen LogP contribution is 2.25. The lowest BCUT2D eigenvalue weighted by Crippen LogP contribution is -2.53. The van der Waals surface area contributed by atoms with Crippen LogP contribution in [0, 0.1) is 6.92 Å². The fourth-order valence-corrected chi connectivity index (χ4v) is 3.54. The van der Waals surface area contributed by atoms with Gasteiger partial charge in [0, 0.05) is 12.2 Å². The van der Waals surface area contributed by atoms with E-state index in [4.69, 9.17) is 10.5 Å². The third-order valence-corrected chi connectivity index (χ3v) is 5.10. The van der Waals surface area contributed by atoms with E-state index < -0.39 is 47.9 Å². The summed E-state index contributed by atoms with van der Waals surface area (Å²) < 4.78 is 5.25. The Bertz CT molecular complexity index is 1050. The maximum absolute atomic E-state index is 13.6. The van der Waals surface area contributed by atoms with Crippen LogP contribution in [0.4, 0.5) is 10.5 Å². The molecule has 0 aliphatic rings. The summed E-state index contributed by atoms with van der Waals surface area (Å²) in [4.78, 5) is 52.6. The van der Waals surface area contributed by atoms with E-state index >= 15 is 0 Å². The minimum absolute atomic E-state index is 0.130. The Balaban J connectivity index is 2.42. The van der Waals surface area contributed by atoms with Crippen LogP contribution in [0.2, 0.25) is 0 Å². The van der Waals surface area contributed by atoms with Gasteiger partial charge < -0.3 is 26.0 Å². The number of para-hydroxylation sites is 1. The normalized spacial score (nSPS) is 12.7. The van der Waals surface area contributed by atoms with Gasteiger partial charge in [-0.15, -0.1) is 0 Å². The number of alkyl carbamates (subject to hydrolysis) is 1. The Morgan fingerprint density at radius 3 is 2.14 bits per heavy atom. The Morgan fingerprint density at radius 2 is 1.60 bits per heavy atom. The number of rotatable bonds is 9. The number of primary amides is 1. The number of benzene rings is 2. The van der Waals surface area contributed by atoms with Gasteiger partial charge >= 0.3 is 6.09 Å². The van der Waals surface area contributed by atoms with Crippen LogP contribution < -0.4 is 16.4 Å². The third kappa shape index (κ3) is 8.13. The van der Waals surface area contributed by atoms with Gasteiger partial charge in [0.15, 0.2) is 0 Å². The predicted molar refractivity (Wildman–Crippen MR) is 133 cm³/mol. The van der Waals surface area contributed by atoms with Crippen molar-refractivity contribution in [3.8, 4) is 0 Å². The fraction of sp³-hybridized carbons (Fsp3) is 0.385. The molecule has 9 nitrogen and oxygen atoms in total. The minimum atomic E-state index is -1.31. The maximum Gasteiger partial charge on any atom is 0.408 e. The molecule has 2 unspecified atom stereocenters. The van der Waals surface area contributed by atoms with Crippen LogP contribution >= 0.6 is 0 Å². The Morgan fingerprint density at radius 1 is 1.00 bits per heavy atom. The smallest absolute Gasteiger partial charge is 0.408 e. The first-order valence-corrected chi connectivity index (χ1v) is 11.4. The second-order valence-corrected chi connectivity index (χ2v) is 9.11. The van der Waals surface area contributed by atoms with Crippen molar-refractivity contribution in [1.29, 1.82) is 0 Å². The van der Waals surface area contributed by atoms with Gasteiger partial charge in [0.1, 0.15) is 17.7 Å². The van der Waals surface area contributed by atoms with Gasteiger partial charge in [-0.05, 0) is 51.8 Å². The van der Waals surface area contributed by atoms with Gasteiger partial charge in [-0.3, -0.25) is 14.4 Å². The topological polar surface area (TPSA) is 131 Å². The van der Waals surface area contributed by atoms with Crippen molar-refractivity contribution in [3.63, 3.8) is 0 Å². The number of hydrogen-bond donors (Lipinski definition) is 3. The molecule has 0 radical (unpaired) electrons. The summed E-state index contributed by atoms with van der Waals surface area (Å²) in [5.74, 6) is -1.85. The second-order valence-electron chi connectivity index (χ2n) is 9.11. The SMILES string of the molecule is CCN(C(=O)C(CC(N)=O)NC(=O)OC(C)(C)C)C(C(=O)Nc1ccccc1C)c1ccccc1. The summed E-state index contributed by atoms with van der Waals surface area (Å²) >= 11 is 0. The molecule has 0 saturated heterocycles. The lowest BCUT2D eigenvalue weighted by Gasteiger charge is -2.33. The summed E-state index contributed by atoms with van der Waals surface area (Å²) in [6.07, 6.45) is -1.32. The molecule has 0 saturated carbocycles. The lowest BCUT2D eigenvalue weighted by molar-refractivity contribution is -0.141. The van der Waals surface area contributed by atoms with Crippen LogP contribution in [0.25, 0.3) is 0 Å². The van der Waals surface area contributed by atoms with Crippen molar-refractivity contribution >= 4 is 29.5 Å². The highest BCUT2D eigenvalue weighted by Gasteiger charge is 2.36. The van der Waals surface area contributed by atoms with Gasteiger partial charge in [-0.2, -0.15) is 0 Å².